The number of halogens is 3. The summed E-state index contributed by atoms with van der Waals surface area (Å²) in [6, 6.07) is 9.53. The highest BCUT2D eigenvalue weighted by Gasteiger charge is 2.33. The normalized spacial score (nSPS) is 12.5. The Hall–Kier alpha value is -3.28. The fourth-order valence-electron chi connectivity index (χ4n) is 3.54. The maximum absolute atomic E-state index is 13.5. The molecule has 0 bridgehead atoms. The molecule has 0 saturated carbocycles. The molecule has 204 valence electrons. The van der Waals surface area contributed by atoms with Gasteiger partial charge >= 0.3 is 6.18 Å². The lowest BCUT2D eigenvalue weighted by Crippen LogP contribution is -2.51. The van der Waals surface area contributed by atoms with Crippen molar-refractivity contribution in [2.24, 2.45) is 0 Å². The number of carbonyl (C=O) groups is 2. The molecule has 8 nitrogen and oxygen atoms in total. The zero-order valence-electron chi connectivity index (χ0n) is 21.2. The van der Waals surface area contributed by atoms with Gasteiger partial charge in [-0.1, -0.05) is 31.5 Å². The maximum Gasteiger partial charge on any atom is 0.416 e. The molecule has 0 fully saturated rings. The predicted octanol–water partition coefficient (Wildman–Crippen LogP) is 3.81. The summed E-state index contributed by atoms with van der Waals surface area (Å²) < 4.78 is 70.7. The second kappa shape index (κ2) is 12.8. The third-order valence-electron chi connectivity index (χ3n) is 5.62. The summed E-state index contributed by atoms with van der Waals surface area (Å²) >= 11 is 0. The number of anilines is 1. The van der Waals surface area contributed by atoms with Crippen LogP contribution < -0.4 is 14.4 Å². The zero-order valence-corrected chi connectivity index (χ0v) is 22.0. The van der Waals surface area contributed by atoms with E-state index in [1.54, 1.807) is 24.3 Å². The molecular formula is C25H32F3N3O5S. The number of methoxy groups -OCH3 is 1. The first kappa shape index (κ1) is 29.9. The molecule has 0 saturated heterocycles. The lowest BCUT2D eigenvalue weighted by molar-refractivity contribution is -0.139. The van der Waals surface area contributed by atoms with Gasteiger partial charge in [0, 0.05) is 13.1 Å². The maximum atomic E-state index is 13.5. The first-order valence-electron chi connectivity index (χ1n) is 11.6. The topological polar surface area (TPSA) is 96.0 Å². The fourth-order valence-corrected chi connectivity index (χ4v) is 4.38. The van der Waals surface area contributed by atoms with Gasteiger partial charge in [-0.05, 0) is 49.2 Å². The molecule has 0 aromatic heterocycles. The number of benzene rings is 2. The standard InChI is InChI=1S/C25H32F3N3O5S/c1-5-6-13-29-24(33)18(2)30(16-19-9-7-12-22(14-19)36-3)23(32)17-31(37(4,34)35)21-11-8-10-20(15-21)25(26,27)28/h7-12,14-15,18H,5-6,13,16-17H2,1-4H3,(H,29,33)/t18-/m0/s1. The van der Waals surface area contributed by atoms with E-state index in [9.17, 15) is 31.2 Å². The van der Waals surface area contributed by atoms with Crippen molar-refractivity contribution >= 4 is 27.5 Å². The molecule has 2 aromatic carbocycles. The fraction of sp³-hybridized carbons (Fsp3) is 0.440. The molecule has 0 heterocycles. The first-order chi connectivity index (χ1) is 17.3. The van der Waals surface area contributed by atoms with E-state index >= 15 is 0 Å². The Balaban J connectivity index is 2.42. The average molecular weight is 544 g/mol. The van der Waals surface area contributed by atoms with Gasteiger partial charge in [-0.3, -0.25) is 13.9 Å². The number of hydrogen-bond acceptors (Lipinski definition) is 5. The Bertz CT molecular complexity index is 1190. The molecule has 0 spiro atoms. The van der Waals surface area contributed by atoms with Crippen molar-refractivity contribution in [1.82, 2.24) is 10.2 Å². The summed E-state index contributed by atoms with van der Waals surface area (Å²) in [5.41, 5.74) is -0.749. The summed E-state index contributed by atoms with van der Waals surface area (Å²) in [6.45, 7) is 3.02. The van der Waals surface area contributed by atoms with E-state index in [0.717, 1.165) is 31.2 Å². The molecule has 1 N–H and O–H groups in total. The quantitative estimate of drug-likeness (QED) is 0.411. The van der Waals surface area contributed by atoms with Gasteiger partial charge < -0.3 is 15.0 Å². The summed E-state index contributed by atoms with van der Waals surface area (Å²) in [5, 5.41) is 2.75. The zero-order chi connectivity index (χ0) is 27.8. The minimum absolute atomic E-state index is 0.0570. The van der Waals surface area contributed by atoms with E-state index < -0.39 is 46.2 Å². The highest BCUT2D eigenvalue weighted by Crippen LogP contribution is 2.32. The van der Waals surface area contributed by atoms with Crippen LogP contribution in [0.4, 0.5) is 18.9 Å². The van der Waals surface area contributed by atoms with Gasteiger partial charge in [-0.25, -0.2) is 8.42 Å². The molecule has 0 aliphatic heterocycles. The molecule has 12 heteroatoms. The van der Waals surface area contributed by atoms with Crippen molar-refractivity contribution < 1.29 is 35.9 Å². The van der Waals surface area contributed by atoms with Crippen molar-refractivity contribution in [2.75, 3.05) is 30.8 Å². The second-order valence-corrected chi connectivity index (χ2v) is 10.4. The second-order valence-electron chi connectivity index (χ2n) is 8.51. The van der Waals surface area contributed by atoms with E-state index in [4.69, 9.17) is 4.74 Å². The molecule has 2 amide bonds. The van der Waals surface area contributed by atoms with E-state index in [1.807, 2.05) is 6.92 Å². The summed E-state index contributed by atoms with van der Waals surface area (Å²) in [7, 11) is -2.68. The van der Waals surface area contributed by atoms with Crippen molar-refractivity contribution in [3.05, 3.63) is 59.7 Å². The smallest absolute Gasteiger partial charge is 0.416 e. The number of unbranched alkanes of at least 4 members (excludes halogenated alkanes) is 1. The average Bonchev–Trinajstić information content (AvgIpc) is 2.84. The lowest BCUT2D eigenvalue weighted by atomic mass is 10.1. The summed E-state index contributed by atoms with van der Waals surface area (Å²) in [4.78, 5) is 27.5. The van der Waals surface area contributed by atoms with Crippen molar-refractivity contribution in [2.45, 2.75) is 45.5 Å². The largest absolute Gasteiger partial charge is 0.497 e. The van der Waals surface area contributed by atoms with Crippen LogP contribution in [-0.4, -0.2) is 57.6 Å². The Kier molecular flexibility index (Phi) is 10.4. The number of nitrogens with zero attached hydrogens (tertiary/aromatic N) is 2. The summed E-state index contributed by atoms with van der Waals surface area (Å²) in [6.07, 6.45) is -2.32. The number of amides is 2. The number of rotatable bonds is 12. The molecule has 37 heavy (non-hydrogen) atoms. The van der Waals surface area contributed by atoms with Crippen LogP contribution in [0, 0.1) is 0 Å². The van der Waals surface area contributed by atoms with Gasteiger partial charge in [0.1, 0.15) is 18.3 Å². The number of alkyl halides is 3. The first-order valence-corrected chi connectivity index (χ1v) is 13.5. The van der Waals surface area contributed by atoms with Crippen LogP contribution in [0.25, 0.3) is 0 Å². The number of carbonyl (C=O) groups excluding carboxylic acids is 2. The molecule has 0 aliphatic carbocycles. The predicted molar refractivity (Wildman–Crippen MR) is 135 cm³/mol. The van der Waals surface area contributed by atoms with Crippen LogP contribution in [0.2, 0.25) is 0 Å². The van der Waals surface area contributed by atoms with Crippen molar-refractivity contribution in [1.29, 1.82) is 0 Å². The highest BCUT2D eigenvalue weighted by atomic mass is 32.2. The molecule has 2 aromatic rings. The summed E-state index contributed by atoms with van der Waals surface area (Å²) in [5.74, 6) is -0.676. The van der Waals surface area contributed by atoms with Gasteiger partial charge in [0.15, 0.2) is 0 Å². The third kappa shape index (κ3) is 8.66. The Morgan fingerprint density at radius 2 is 1.78 bits per heavy atom. The van der Waals surface area contributed by atoms with E-state index in [-0.39, 0.29) is 12.2 Å². The molecule has 2 rings (SSSR count). The minimum atomic E-state index is -4.70. The number of sulfonamides is 1. The number of nitrogens with one attached hydrogen (secondary N) is 1. The molecule has 1 atom stereocenters. The Labute approximate surface area is 215 Å². The molecular weight excluding hydrogens is 511 g/mol. The van der Waals surface area contributed by atoms with Gasteiger partial charge in [0.25, 0.3) is 0 Å². The van der Waals surface area contributed by atoms with Crippen LogP contribution in [-0.2, 0) is 32.3 Å². The van der Waals surface area contributed by atoms with Gasteiger partial charge in [0.05, 0.1) is 24.6 Å². The van der Waals surface area contributed by atoms with Crippen molar-refractivity contribution in [3.8, 4) is 5.75 Å². The Morgan fingerprint density at radius 1 is 1.11 bits per heavy atom. The highest BCUT2D eigenvalue weighted by molar-refractivity contribution is 7.92. The van der Waals surface area contributed by atoms with Gasteiger partial charge in [-0.2, -0.15) is 13.2 Å². The van der Waals surface area contributed by atoms with Crippen LogP contribution in [0.5, 0.6) is 5.75 Å². The van der Waals surface area contributed by atoms with E-state index in [2.05, 4.69) is 5.32 Å². The van der Waals surface area contributed by atoms with E-state index in [0.29, 0.717) is 28.2 Å². The van der Waals surface area contributed by atoms with E-state index in [1.165, 1.54) is 25.0 Å². The van der Waals surface area contributed by atoms with Crippen molar-refractivity contribution in [3.63, 3.8) is 0 Å². The molecule has 0 aliphatic rings. The van der Waals surface area contributed by atoms with Crippen LogP contribution in [0.3, 0.4) is 0 Å². The van der Waals surface area contributed by atoms with Crippen LogP contribution in [0.15, 0.2) is 48.5 Å². The number of ether oxygens (including phenoxy) is 1. The van der Waals surface area contributed by atoms with Gasteiger partial charge in [-0.15, -0.1) is 0 Å². The minimum Gasteiger partial charge on any atom is -0.497 e. The third-order valence-corrected chi connectivity index (χ3v) is 6.77. The van der Waals surface area contributed by atoms with Crippen LogP contribution >= 0.6 is 0 Å². The van der Waals surface area contributed by atoms with Crippen LogP contribution in [0.1, 0.15) is 37.8 Å². The molecule has 0 unspecified atom stereocenters. The molecule has 0 radical (unpaired) electrons. The number of hydrogen-bond donors (Lipinski definition) is 1. The van der Waals surface area contributed by atoms with Gasteiger partial charge in [0.2, 0.25) is 21.8 Å². The lowest BCUT2D eigenvalue weighted by Gasteiger charge is -2.31. The Morgan fingerprint density at radius 3 is 2.38 bits per heavy atom. The SMILES string of the molecule is CCCCNC(=O)[C@H](C)N(Cc1cccc(OC)c1)C(=O)CN(c1cccc(C(F)(F)F)c1)S(C)(=O)=O. The monoisotopic (exact) mass is 543 g/mol.